The van der Waals surface area contributed by atoms with Gasteiger partial charge in [0.2, 0.25) is 0 Å². The van der Waals surface area contributed by atoms with Crippen molar-refractivity contribution in [1.29, 1.82) is 0 Å². The van der Waals surface area contributed by atoms with Crippen LogP contribution in [0.25, 0.3) is 0 Å². The van der Waals surface area contributed by atoms with Gasteiger partial charge in [-0.1, -0.05) is 13.8 Å². The summed E-state index contributed by atoms with van der Waals surface area (Å²) in [6, 6.07) is 0. The normalized spacial score (nSPS) is 15.2. The summed E-state index contributed by atoms with van der Waals surface area (Å²) in [6.07, 6.45) is -4.60. The van der Waals surface area contributed by atoms with Crippen molar-refractivity contribution in [1.82, 2.24) is 0 Å². The zero-order valence-corrected chi connectivity index (χ0v) is 7.36. The zero-order chi connectivity index (χ0) is 9.78. The molecular weight excluding hydrogens is 169 g/mol. The number of hydrogen-bond donors (Lipinski definition) is 1. The third-order valence-corrected chi connectivity index (χ3v) is 1.58. The first-order chi connectivity index (χ1) is 5.35. The van der Waals surface area contributed by atoms with Gasteiger partial charge in [-0.25, -0.2) is 0 Å². The van der Waals surface area contributed by atoms with Crippen LogP contribution in [-0.4, -0.2) is 17.9 Å². The number of rotatable bonds is 4. The van der Waals surface area contributed by atoms with Crippen LogP contribution in [0.3, 0.4) is 0 Å². The van der Waals surface area contributed by atoms with Crippen molar-refractivity contribution in [3.05, 3.63) is 0 Å². The molecule has 0 aliphatic heterocycles. The lowest BCUT2D eigenvalue weighted by Crippen LogP contribution is -2.19. The van der Waals surface area contributed by atoms with Crippen LogP contribution in [0.2, 0.25) is 0 Å². The molecule has 1 N–H and O–H groups in total. The summed E-state index contributed by atoms with van der Waals surface area (Å²) in [5, 5.41) is 8.64. The standard InChI is InChI=1S/C8H15F3O/c1-6(2)3-7(5-12)4-8(9,10)11/h6-7,12H,3-5H2,1-2H3. The van der Waals surface area contributed by atoms with E-state index in [1.54, 1.807) is 0 Å². The molecule has 0 fully saturated rings. The van der Waals surface area contributed by atoms with E-state index in [4.69, 9.17) is 5.11 Å². The van der Waals surface area contributed by atoms with Gasteiger partial charge in [0.25, 0.3) is 0 Å². The molecule has 0 spiro atoms. The summed E-state index contributed by atoms with van der Waals surface area (Å²) in [5.41, 5.74) is 0. The Morgan fingerprint density at radius 2 is 1.75 bits per heavy atom. The summed E-state index contributed by atoms with van der Waals surface area (Å²) in [5.74, 6) is -0.436. The van der Waals surface area contributed by atoms with Gasteiger partial charge in [-0.3, -0.25) is 0 Å². The second kappa shape index (κ2) is 4.70. The van der Waals surface area contributed by atoms with Crippen LogP contribution in [0, 0.1) is 11.8 Å². The van der Waals surface area contributed by atoms with E-state index in [1.807, 2.05) is 13.8 Å². The smallest absolute Gasteiger partial charge is 0.389 e. The maximum atomic E-state index is 11.8. The molecule has 0 aromatic heterocycles. The number of aliphatic hydroxyl groups excluding tert-OH is 1. The number of aliphatic hydroxyl groups is 1. The van der Waals surface area contributed by atoms with Gasteiger partial charge < -0.3 is 5.11 Å². The Labute approximate surface area is 70.6 Å². The second-order valence-corrected chi connectivity index (χ2v) is 3.50. The van der Waals surface area contributed by atoms with Crippen molar-refractivity contribution in [2.24, 2.45) is 11.8 Å². The maximum Gasteiger partial charge on any atom is 0.389 e. The highest BCUT2D eigenvalue weighted by molar-refractivity contribution is 4.64. The topological polar surface area (TPSA) is 20.2 Å². The fraction of sp³-hybridized carbons (Fsp3) is 1.00. The summed E-state index contributed by atoms with van der Waals surface area (Å²) < 4.78 is 35.5. The molecule has 0 aliphatic carbocycles. The molecule has 0 saturated heterocycles. The lowest BCUT2D eigenvalue weighted by molar-refractivity contribution is -0.148. The van der Waals surface area contributed by atoms with Gasteiger partial charge in [0.05, 0.1) is 0 Å². The minimum Gasteiger partial charge on any atom is -0.396 e. The monoisotopic (exact) mass is 184 g/mol. The molecule has 1 unspecified atom stereocenters. The van der Waals surface area contributed by atoms with E-state index in [1.165, 1.54) is 0 Å². The van der Waals surface area contributed by atoms with Crippen molar-refractivity contribution in [3.63, 3.8) is 0 Å². The molecule has 0 radical (unpaired) electrons. The highest BCUT2D eigenvalue weighted by atomic mass is 19.4. The molecule has 0 bridgehead atoms. The first kappa shape index (κ1) is 11.8. The Balaban J connectivity index is 3.83. The lowest BCUT2D eigenvalue weighted by Gasteiger charge is -2.17. The van der Waals surface area contributed by atoms with Crippen molar-refractivity contribution in [2.75, 3.05) is 6.61 Å². The molecule has 1 atom stereocenters. The van der Waals surface area contributed by atoms with Gasteiger partial charge in [0.15, 0.2) is 0 Å². The van der Waals surface area contributed by atoms with Gasteiger partial charge in [0.1, 0.15) is 0 Å². The van der Waals surface area contributed by atoms with Crippen molar-refractivity contribution in [2.45, 2.75) is 32.9 Å². The Morgan fingerprint density at radius 1 is 1.25 bits per heavy atom. The summed E-state index contributed by atoms with van der Waals surface area (Å²) in [6.45, 7) is 3.32. The lowest BCUT2D eigenvalue weighted by atomic mass is 9.95. The fourth-order valence-electron chi connectivity index (χ4n) is 1.22. The predicted molar refractivity (Wildman–Crippen MR) is 40.7 cm³/mol. The average molecular weight is 184 g/mol. The summed E-state index contributed by atoms with van der Waals surface area (Å²) in [7, 11) is 0. The van der Waals surface area contributed by atoms with E-state index in [0.717, 1.165) is 0 Å². The molecule has 0 saturated carbocycles. The van der Waals surface area contributed by atoms with Crippen LogP contribution in [0.1, 0.15) is 26.7 Å². The molecule has 0 aliphatic rings. The van der Waals surface area contributed by atoms with Crippen LogP contribution in [0.15, 0.2) is 0 Å². The van der Waals surface area contributed by atoms with Crippen molar-refractivity contribution in [3.8, 4) is 0 Å². The number of halogens is 3. The SMILES string of the molecule is CC(C)CC(CO)CC(F)(F)F. The first-order valence-electron chi connectivity index (χ1n) is 4.02. The van der Waals surface area contributed by atoms with E-state index in [2.05, 4.69) is 0 Å². The van der Waals surface area contributed by atoms with Crippen molar-refractivity contribution >= 4 is 0 Å². The molecule has 1 nitrogen and oxygen atoms in total. The zero-order valence-electron chi connectivity index (χ0n) is 7.36. The highest BCUT2D eigenvalue weighted by Crippen LogP contribution is 2.27. The number of hydrogen-bond acceptors (Lipinski definition) is 1. The molecule has 4 heteroatoms. The maximum absolute atomic E-state index is 11.8. The minimum absolute atomic E-state index is 0.199. The minimum atomic E-state index is -4.15. The van der Waals surface area contributed by atoms with Gasteiger partial charge in [0, 0.05) is 13.0 Å². The van der Waals surface area contributed by atoms with Crippen LogP contribution in [0.4, 0.5) is 13.2 Å². The Hall–Kier alpha value is -0.250. The van der Waals surface area contributed by atoms with Crippen molar-refractivity contribution < 1.29 is 18.3 Å². The Bertz CT molecular complexity index is 120. The molecule has 12 heavy (non-hydrogen) atoms. The Morgan fingerprint density at radius 3 is 2.00 bits per heavy atom. The van der Waals surface area contributed by atoms with Crippen LogP contribution >= 0.6 is 0 Å². The molecule has 0 aromatic carbocycles. The largest absolute Gasteiger partial charge is 0.396 e. The molecule has 74 valence electrons. The molecule has 0 aromatic rings. The summed E-state index contributed by atoms with van der Waals surface area (Å²) >= 11 is 0. The molecule has 0 heterocycles. The second-order valence-electron chi connectivity index (χ2n) is 3.50. The van der Waals surface area contributed by atoms with E-state index < -0.39 is 18.5 Å². The number of alkyl halides is 3. The fourth-order valence-corrected chi connectivity index (χ4v) is 1.22. The Kier molecular flexibility index (Phi) is 4.60. The third kappa shape index (κ3) is 6.46. The van der Waals surface area contributed by atoms with Gasteiger partial charge in [-0.05, 0) is 18.3 Å². The summed E-state index contributed by atoms with van der Waals surface area (Å²) in [4.78, 5) is 0. The quantitative estimate of drug-likeness (QED) is 0.712. The van der Waals surface area contributed by atoms with Crippen LogP contribution in [-0.2, 0) is 0 Å². The van der Waals surface area contributed by atoms with E-state index in [0.29, 0.717) is 6.42 Å². The van der Waals surface area contributed by atoms with E-state index in [-0.39, 0.29) is 12.5 Å². The van der Waals surface area contributed by atoms with E-state index in [9.17, 15) is 13.2 Å². The third-order valence-electron chi connectivity index (χ3n) is 1.58. The van der Waals surface area contributed by atoms with Gasteiger partial charge in [-0.2, -0.15) is 13.2 Å². The average Bonchev–Trinajstić information content (AvgIpc) is 1.82. The van der Waals surface area contributed by atoms with Crippen LogP contribution < -0.4 is 0 Å². The van der Waals surface area contributed by atoms with Crippen LogP contribution in [0.5, 0.6) is 0 Å². The highest BCUT2D eigenvalue weighted by Gasteiger charge is 2.31. The van der Waals surface area contributed by atoms with E-state index >= 15 is 0 Å². The van der Waals surface area contributed by atoms with Gasteiger partial charge in [-0.15, -0.1) is 0 Å². The predicted octanol–water partition coefficient (Wildman–Crippen LogP) is 2.59. The molecule has 0 rings (SSSR count). The first-order valence-corrected chi connectivity index (χ1v) is 4.02. The molecular formula is C8H15F3O. The van der Waals surface area contributed by atoms with Gasteiger partial charge >= 0.3 is 6.18 Å². The molecule has 0 amide bonds.